The largest absolute Gasteiger partial charge is 0.493 e. The minimum atomic E-state index is -0.710. The number of hydrogen-bond acceptors (Lipinski definition) is 6. The molecule has 8 nitrogen and oxygen atoms in total. The van der Waals surface area contributed by atoms with Crippen molar-refractivity contribution in [2.45, 2.75) is 19.9 Å². The van der Waals surface area contributed by atoms with Crippen LogP contribution in [0.4, 0.5) is 0 Å². The summed E-state index contributed by atoms with van der Waals surface area (Å²) in [6, 6.07) is 4.51. The van der Waals surface area contributed by atoms with E-state index in [-0.39, 0.29) is 5.91 Å². The third-order valence-corrected chi connectivity index (χ3v) is 3.30. The molecule has 8 heteroatoms. The van der Waals surface area contributed by atoms with E-state index in [1.165, 1.54) is 26.4 Å². The van der Waals surface area contributed by atoms with Crippen LogP contribution in [-0.2, 0) is 19.1 Å². The van der Waals surface area contributed by atoms with Crippen molar-refractivity contribution in [2.75, 3.05) is 27.4 Å². The minimum absolute atomic E-state index is 0.308. The molecule has 0 spiro atoms. The SMILES string of the molecule is CCNC(=O)[C@@H](C)NC(=O)COC(=O)/C=C/c1cccc(OC)c1OC. The Balaban J connectivity index is 2.56. The van der Waals surface area contributed by atoms with Crippen LogP contribution in [0.5, 0.6) is 11.5 Å². The molecular weight excluding hydrogens is 340 g/mol. The van der Waals surface area contributed by atoms with Gasteiger partial charge in [-0.25, -0.2) is 4.79 Å². The Morgan fingerprint density at radius 2 is 1.92 bits per heavy atom. The highest BCUT2D eigenvalue weighted by Crippen LogP contribution is 2.31. The summed E-state index contributed by atoms with van der Waals surface area (Å²) in [6.45, 7) is 3.30. The molecule has 1 atom stereocenters. The van der Waals surface area contributed by atoms with Crippen molar-refractivity contribution in [3.05, 3.63) is 29.8 Å². The number of carbonyl (C=O) groups is 3. The highest BCUT2D eigenvalue weighted by molar-refractivity contribution is 5.91. The third kappa shape index (κ3) is 6.46. The molecule has 0 aliphatic heterocycles. The quantitative estimate of drug-likeness (QED) is 0.499. The smallest absolute Gasteiger partial charge is 0.331 e. The van der Waals surface area contributed by atoms with Crippen LogP contribution in [0.3, 0.4) is 0 Å². The fraction of sp³-hybridized carbons (Fsp3) is 0.389. The van der Waals surface area contributed by atoms with Crippen LogP contribution in [-0.4, -0.2) is 51.2 Å². The van der Waals surface area contributed by atoms with Gasteiger partial charge in [-0.05, 0) is 26.0 Å². The topological polar surface area (TPSA) is 103 Å². The van der Waals surface area contributed by atoms with Crippen molar-refractivity contribution >= 4 is 23.9 Å². The maximum atomic E-state index is 11.8. The van der Waals surface area contributed by atoms with Crippen LogP contribution >= 0.6 is 0 Å². The summed E-state index contributed by atoms with van der Waals surface area (Å²) in [4.78, 5) is 35.0. The van der Waals surface area contributed by atoms with Crippen molar-refractivity contribution in [3.8, 4) is 11.5 Å². The van der Waals surface area contributed by atoms with Gasteiger partial charge >= 0.3 is 5.97 Å². The molecule has 0 radical (unpaired) electrons. The van der Waals surface area contributed by atoms with Gasteiger partial charge in [-0.3, -0.25) is 9.59 Å². The molecule has 2 amide bonds. The van der Waals surface area contributed by atoms with Gasteiger partial charge in [0.2, 0.25) is 5.91 Å². The molecule has 0 saturated carbocycles. The average molecular weight is 364 g/mol. The molecule has 0 unspecified atom stereocenters. The lowest BCUT2D eigenvalue weighted by Gasteiger charge is -2.13. The number of likely N-dealkylation sites (N-methyl/N-ethyl adjacent to an activating group) is 1. The van der Waals surface area contributed by atoms with Gasteiger partial charge in [0, 0.05) is 18.2 Å². The summed E-state index contributed by atoms with van der Waals surface area (Å²) in [6.07, 6.45) is 2.68. The van der Waals surface area contributed by atoms with E-state index in [0.29, 0.717) is 23.6 Å². The van der Waals surface area contributed by atoms with Gasteiger partial charge in [-0.1, -0.05) is 12.1 Å². The second-order valence-corrected chi connectivity index (χ2v) is 5.21. The highest BCUT2D eigenvalue weighted by Gasteiger charge is 2.15. The van der Waals surface area contributed by atoms with E-state index in [4.69, 9.17) is 14.2 Å². The highest BCUT2D eigenvalue weighted by atomic mass is 16.5. The van der Waals surface area contributed by atoms with Crippen LogP contribution in [0.15, 0.2) is 24.3 Å². The number of rotatable bonds is 9. The Bertz CT molecular complexity index is 672. The molecule has 1 aromatic carbocycles. The molecular formula is C18H24N2O6. The molecule has 0 saturated heterocycles. The lowest BCUT2D eigenvalue weighted by Crippen LogP contribution is -2.46. The number of methoxy groups -OCH3 is 2. The van der Waals surface area contributed by atoms with Gasteiger partial charge in [0.05, 0.1) is 14.2 Å². The zero-order valence-electron chi connectivity index (χ0n) is 15.3. The Kier molecular flexibility index (Phi) is 8.69. The van der Waals surface area contributed by atoms with E-state index >= 15 is 0 Å². The van der Waals surface area contributed by atoms with Crippen molar-refractivity contribution in [3.63, 3.8) is 0 Å². The molecule has 142 valence electrons. The number of nitrogens with one attached hydrogen (secondary N) is 2. The number of esters is 1. The summed E-state index contributed by atoms with van der Waals surface area (Å²) in [5.74, 6) is -0.563. The maximum absolute atomic E-state index is 11.8. The van der Waals surface area contributed by atoms with Gasteiger partial charge < -0.3 is 24.8 Å². The Morgan fingerprint density at radius 1 is 1.19 bits per heavy atom. The van der Waals surface area contributed by atoms with Crippen LogP contribution in [0, 0.1) is 0 Å². The molecule has 2 N–H and O–H groups in total. The van der Waals surface area contributed by atoms with Crippen molar-refractivity contribution in [1.29, 1.82) is 0 Å². The zero-order valence-corrected chi connectivity index (χ0v) is 15.3. The van der Waals surface area contributed by atoms with E-state index < -0.39 is 24.5 Å². The summed E-state index contributed by atoms with van der Waals surface area (Å²) in [5.41, 5.74) is 0.623. The fourth-order valence-electron chi connectivity index (χ4n) is 2.06. The Morgan fingerprint density at radius 3 is 2.54 bits per heavy atom. The molecule has 26 heavy (non-hydrogen) atoms. The molecule has 0 bridgehead atoms. The summed E-state index contributed by atoms with van der Waals surface area (Å²) >= 11 is 0. The number of para-hydroxylation sites is 1. The predicted octanol–water partition coefficient (Wildman–Crippen LogP) is 0.901. The standard InChI is InChI=1S/C18H24N2O6/c1-5-19-18(23)12(2)20-15(21)11-26-16(22)10-9-13-7-6-8-14(24-3)17(13)25-4/h6-10,12H,5,11H2,1-4H3,(H,19,23)(H,20,21)/b10-9+/t12-/m1/s1. The normalized spacial score (nSPS) is 11.5. The first-order chi connectivity index (χ1) is 12.4. The molecule has 1 rings (SSSR count). The molecule has 0 aromatic heterocycles. The van der Waals surface area contributed by atoms with Gasteiger partial charge in [0.15, 0.2) is 18.1 Å². The average Bonchev–Trinajstić information content (AvgIpc) is 2.64. The van der Waals surface area contributed by atoms with E-state index in [0.717, 1.165) is 0 Å². The van der Waals surface area contributed by atoms with Crippen molar-refractivity contribution in [2.24, 2.45) is 0 Å². The van der Waals surface area contributed by atoms with Crippen molar-refractivity contribution < 1.29 is 28.6 Å². The van der Waals surface area contributed by atoms with Gasteiger partial charge in [-0.15, -0.1) is 0 Å². The monoisotopic (exact) mass is 364 g/mol. The first kappa shape index (κ1) is 21.0. The maximum Gasteiger partial charge on any atom is 0.331 e. The zero-order chi connectivity index (χ0) is 19.5. The summed E-state index contributed by atoms with van der Waals surface area (Å²) in [7, 11) is 3.01. The lowest BCUT2D eigenvalue weighted by molar-refractivity contribution is -0.144. The first-order valence-electron chi connectivity index (χ1n) is 8.05. The molecule has 0 aliphatic carbocycles. The van der Waals surface area contributed by atoms with E-state index in [1.807, 2.05) is 0 Å². The Hall–Kier alpha value is -3.03. The number of hydrogen-bond donors (Lipinski definition) is 2. The third-order valence-electron chi connectivity index (χ3n) is 3.30. The van der Waals surface area contributed by atoms with E-state index in [1.54, 1.807) is 32.0 Å². The van der Waals surface area contributed by atoms with Gasteiger partial charge in [0.1, 0.15) is 6.04 Å². The number of ether oxygens (including phenoxy) is 3. The second kappa shape index (κ2) is 10.8. The van der Waals surface area contributed by atoms with Crippen molar-refractivity contribution in [1.82, 2.24) is 10.6 Å². The summed E-state index contributed by atoms with van der Waals surface area (Å²) < 4.78 is 15.3. The molecule has 0 heterocycles. The van der Waals surface area contributed by atoms with Gasteiger partial charge in [-0.2, -0.15) is 0 Å². The fourth-order valence-corrected chi connectivity index (χ4v) is 2.06. The van der Waals surface area contributed by atoms with Crippen LogP contribution in [0.2, 0.25) is 0 Å². The van der Waals surface area contributed by atoms with Crippen LogP contribution in [0.25, 0.3) is 6.08 Å². The van der Waals surface area contributed by atoms with E-state index in [2.05, 4.69) is 10.6 Å². The lowest BCUT2D eigenvalue weighted by atomic mass is 10.1. The molecule has 0 aliphatic rings. The minimum Gasteiger partial charge on any atom is -0.493 e. The first-order valence-corrected chi connectivity index (χ1v) is 8.05. The van der Waals surface area contributed by atoms with Crippen LogP contribution < -0.4 is 20.1 Å². The number of benzene rings is 1. The molecule has 0 fully saturated rings. The van der Waals surface area contributed by atoms with E-state index in [9.17, 15) is 14.4 Å². The van der Waals surface area contributed by atoms with Gasteiger partial charge in [0.25, 0.3) is 5.91 Å². The number of amides is 2. The summed E-state index contributed by atoms with van der Waals surface area (Å²) in [5, 5.41) is 5.02. The van der Waals surface area contributed by atoms with Crippen LogP contribution in [0.1, 0.15) is 19.4 Å². The number of carbonyl (C=O) groups excluding carboxylic acids is 3. The molecule has 1 aromatic rings. The Labute approximate surface area is 152 Å². The second-order valence-electron chi connectivity index (χ2n) is 5.21. The predicted molar refractivity (Wildman–Crippen MR) is 95.8 cm³/mol.